The molecule has 7 nitrogen and oxygen atoms in total. The van der Waals surface area contributed by atoms with Crippen LogP contribution in [0, 0.1) is 0 Å². The molecular formula is C21H33BN4O3P. The molecule has 0 bridgehead atoms. The molecule has 0 N–H and O–H groups in total. The van der Waals surface area contributed by atoms with Crippen molar-refractivity contribution in [2.75, 3.05) is 20.1 Å². The van der Waals surface area contributed by atoms with Crippen LogP contribution in [0.2, 0.25) is 0 Å². The van der Waals surface area contributed by atoms with E-state index in [1.54, 1.807) is 14.5 Å². The quantitative estimate of drug-likeness (QED) is 0.494. The average Bonchev–Trinajstić information content (AvgIpc) is 2.95. The lowest BCUT2D eigenvalue weighted by Crippen LogP contribution is -2.45. The average molecular weight is 431 g/mol. The lowest BCUT2D eigenvalue weighted by molar-refractivity contribution is 0.0841. The van der Waals surface area contributed by atoms with Crippen molar-refractivity contribution in [3.63, 3.8) is 0 Å². The van der Waals surface area contributed by atoms with E-state index in [-0.39, 0.29) is 22.6 Å². The van der Waals surface area contributed by atoms with Gasteiger partial charge in [0.1, 0.15) is 6.10 Å². The van der Waals surface area contributed by atoms with Crippen molar-refractivity contribution in [1.29, 1.82) is 0 Å². The van der Waals surface area contributed by atoms with E-state index in [4.69, 9.17) is 9.39 Å². The molecule has 1 saturated heterocycles. The van der Waals surface area contributed by atoms with E-state index in [1.807, 2.05) is 24.3 Å². The highest BCUT2D eigenvalue weighted by Crippen LogP contribution is 2.33. The number of aromatic nitrogens is 3. The molecule has 1 aromatic heterocycles. The summed E-state index contributed by atoms with van der Waals surface area (Å²) in [5.74, 6) is 0. The summed E-state index contributed by atoms with van der Waals surface area (Å²) in [6, 6.07) is 7.98. The first-order chi connectivity index (χ1) is 14.0. The number of nitrogens with zero attached hydrogens (tertiary/aromatic N) is 4. The van der Waals surface area contributed by atoms with Crippen LogP contribution in [0.4, 0.5) is 0 Å². The molecule has 0 saturated carbocycles. The van der Waals surface area contributed by atoms with Gasteiger partial charge >= 0.3 is 19.2 Å². The fourth-order valence-corrected chi connectivity index (χ4v) is 3.13. The first kappa shape index (κ1) is 23.0. The summed E-state index contributed by atoms with van der Waals surface area (Å²) in [5, 5.41) is 4.24. The Kier molecular flexibility index (Phi) is 6.80. The van der Waals surface area contributed by atoms with Gasteiger partial charge in [-0.15, -0.1) is 14.3 Å². The minimum Gasteiger partial charge on any atom is -0.460 e. The van der Waals surface area contributed by atoms with Crippen LogP contribution >= 0.6 is 9.24 Å². The summed E-state index contributed by atoms with van der Waals surface area (Å²) < 4.78 is 15.0. The second kappa shape index (κ2) is 8.85. The largest absolute Gasteiger partial charge is 0.460 e. The summed E-state index contributed by atoms with van der Waals surface area (Å²) in [4.78, 5) is 15.0. The van der Waals surface area contributed by atoms with Crippen molar-refractivity contribution in [2.24, 2.45) is 7.05 Å². The normalized spacial score (nSPS) is 16.6. The van der Waals surface area contributed by atoms with Gasteiger partial charge in [0.15, 0.2) is 0 Å². The SMILES string of the molecule is CN1CCC(Oc2nn(C)c(=O)n2-c2ccc([B]OC(C)(C)C(C)(C)P)cc2)CC1. The van der Waals surface area contributed by atoms with Crippen molar-refractivity contribution in [3.05, 3.63) is 34.7 Å². The number of hydrogen-bond donors (Lipinski definition) is 0. The Morgan fingerprint density at radius 3 is 2.27 bits per heavy atom. The molecule has 0 spiro atoms. The van der Waals surface area contributed by atoms with Crippen molar-refractivity contribution >= 4 is 22.2 Å². The maximum Gasteiger partial charge on any atom is 0.353 e. The van der Waals surface area contributed by atoms with E-state index >= 15 is 0 Å². The summed E-state index contributed by atoms with van der Waals surface area (Å²) >= 11 is 0. The summed E-state index contributed by atoms with van der Waals surface area (Å²) in [6.45, 7) is 10.3. The Balaban J connectivity index is 1.75. The zero-order valence-electron chi connectivity index (χ0n) is 18.9. The number of rotatable bonds is 7. The molecule has 2 aromatic rings. The van der Waals surface area contributed by atoms with E-state index in [2.05, 4.69) is 54.0 Å². The molecule has 1 radical (unpaired) electrons. The van der Waals surface area contributed by atoms with E-state index < -0.39 is 0 Å². The van der Waals surface area contributed by atoms with Gasteiger partial charge < -0.3 is 14.3 Å². The van der Waals surface area contributed by atoms with Gasteiger partial charge in [-0.05, 0) is 45.9 Å². The van der Waals surface area contributed by atoms with Gasteiger partial charge in [-0.1, -0.05) is 31.4 Å². The van der Waals surface area contributed by atoms with Gasteiger partial charge in [0, 0.05) is 25.3 Å². The number of piperidine rings is 1. The Bertz CT molecular complexity index is 910. The first-order valence-corrected chi connectivity index (χ1v) is 11.0. The van der Waals surface area contributed by atoms with Crippen LogP contribution in [0.15, 0.2) is 29.1 Å². The topological polar surface area (TPSA) is 61.5 Å². The van der Waals surface area contributed by atoms with Crippen molar-refractivity contribution < 1.29 is 9.39 Å². The van der Waals surface area contributed by atoms with Gasteiger partial charge in [0.25, 0.3) is 0 Å². The molecule has 0 amide bonds. The smallest absolute Gasteiger partial charge is 0.353 e. The molecule has 1 aliphatic rings. The summed E-state index contributed by atoms with van der Waals surface area (Å²) in [5.41, 5.74) is 1.08. The highest BCUT2D eigenvalue weighted by molar-refractivity contribution is 7.19. The number of ether oxygens (including phenoxy) is 1. The minimum absolute atomic E-state index is 0.0697. The highest BCUT2D eigenvalue weighted by atomic mass is 31.0. The Labute approximate surface area is 182 Å². The van der Waals surface area contributed by atoms with Crippen LogP contribution in [0.1, 0.15) is 40.5 Å². The predicted octanol–water partition coefficient (Wildman–Crippen LogP) is 1.74. The first-order valence-electron chi connectivity index (χ1n) is 10.4. The van der Waals surface area contributed by atoms with E-state index in [1.165, 1.54) is 9.25 Å². The Hall–Kier alpha value is -1.63. The van der Waals surface area contributed by atoms with E-state index in [0.717, 1.165) is 37.1 Å². The lowest BCUT2D eigenvalue weighted by Gasteiger charge is -2.39. The fraction of sp³-hybridized carbons (Fsp3) is 0.619. The highest BCUT2D eigenvalue weighted by Gasteiger charge is 2.33. The number of likely N-dealkylation sites (tertiary alicyclic amines) is 1. The Morgan fingerprint density at radius 1 is 1.10 bits per heavy atom. The molecule has 1 aliphatic heterocycles. The molecule has 1 unspecified atom stereocenters. The third-order valence-corrected chi connectivity index (χ3v) is 6.72. The fourth-order valence-electron chi connectivity index (χ4n) is 3.06. The van der Waals surface area contributed by atoms with Gasteiger partial charge in [0.05, 0.1) is 11.3 Å². The van der Waals surface area contributed by atoms with Crippen LogP contribution in [0.5, 0.6) is 6.01 Å². The van der Waals surface area contributed by atoms with Crippen LogP contribution in [0.25, 0.3) is 5.69 Å². The maximum absolute atomic E-state index is 12.7. The van der Waals surface area contributed by atoms with E-state index in [9.17, 15) is 4.79 Å². The molecule has 2 heterocycles. The van der Waals surface area contributed by atoms with Crippen LogP contribution in [-0.2, 0) is 11.7 Å². The summed E-state index contributed by atoms with van der Waals surface area (Å²) in [6.07, 6.45) is 1.92. The number of hydrogen-bond acceptors (Lipinski definition) is 5. The van der Waals surface area contributed by atoms with Gasteiger partial charge in [-0.3, -0.25) is 0 Å². The Morgan fingerprint density at radius 2 is 1.70 bits per heavy atom. The standard InChI is InChI=1S/C21H33BN4O3P/c1-20(2,21(3,4)30)29-22-15-7-9-16(10-8-15)26-18(23-25(6)19(26)27)28-17-11-13-24(5)14-12-17/h7-10,17H,11-14,30H2,1-6H3. The minimum atomic E-state index is -0.342. The molecule has 0 aliphatic carbocycles. The number of aryl methyl sites for hydroxylation is 1. The zero-order chi connectivity index (χ0) is 22.1. The van der Waals surface area contributed by atoms with Crippen molar-refractivity contribution in [1.82, 2.24) is 19.2 Å². The van der Waals surface area contributed by atoms with Gasteiger partial charge in [-0.2, -0.15) is 0 Å². The van der Waals surface area contributed by atoms with Crippen molar-refractivity contribution in [2.45, 2.75) is 57.4 Å². The van der Waals surface area contributed by atoms with Crippen molar-refractivity contribution in [3.8, 4) is 11.7 Å². The predicted molar refractivity (Wildman–Crippen MR) is 124 cm³/mol. The van der Waals surface area contributed by atoms with Gasteiger partial charge in [-0.25, -0.2) is 14.0 Å². The number of benzene rings is 1. The monoisotopic (exact) mass is 431 g/mol. The van der Waals surface area contributed by atoms with Crippen LogP contribution in [0.3, 0.4) is 0 Å². The van der Waals surface area contributed by atoms with E-state index in [0.29, 0.717) is 6.01 Å². The molecular weight excluding hydrogens is 398 g/mol. The lowest BCUT2D eigenvalue weighted by atomic mass is 9.84. The molecule has 163 valence electrons. The third-order valence-electron chi connectivity index (χ3n) is 6.03. The molecule has 1 aromatic carbocycles. The molecule has 30 heavy (non-hydrogen) atoms. The molecule has 1 fully saturated rings. The molecule has 9 heteroatoms. The van der Waals surface area contributed by atoms with Crippen LogP contribution < -0.4 is 15.9 Å². The molecule has 1 atom stereocenters. The zero-order valence-corrected chi connectivity index (χ0v) is 20.0. The molecule has 3 rings (SSSR count). The second-order valence-electron chi connectivity index (χ2n) is 9.20. The van der Waals surface area contributed by atoms with Gasteiger partial charge in [0.2, 0.25) is 0 Å². The third kappa shape index (κ3) is 5.16. The summed E-state index contributed by atoms with van der Waals surface area (Å²) in [7, 11) is 8.34. The second-order valence-corrected chi connectivity index (χ2v) is 10.6. The maximum atomic E-state index is 12.7. The van der Waals surface area contributed by atoms with Crippen LogP contribution in [-0.4, -0.2) is 63.7 Å².